The third kappa shape index (κ3) is 7.07. The van der Waals surface area contributed by atoms with Gasteiger partial charge in [0.05, 0.1) is 0 Å². The molecule has 2 heterocycles. The van der Waals surface area contributed by atoms with Crippen LogP contribution in [0.1, 0.15) is 18.4 Å². The number of benzene rings is 2. The minimum atomic E-state index is -3.84. The predicted octanol–water partition coefficient (Wildman–Crippen LogP) is 0.807. The number of piperazine rings is 1. The highest BCUT2D eigenvalue weighted by molar-refractivity contribution is 7.89. The van der Waals surface area contributed by atoms with E-state index in [4.69, 9.17) is 0 Å². The van der Waals surface area contributed by atoms with Crippen molar-refractivity contribution in [1.29, 1.82) is 0 Å². The number of carbonyl (C=O) groups is 2. The highest BCUT2D eigenvalue weighted by Crippen LogP contribution is 2.22. The molecule has 4 rings (SSSR count). The van der Waals surface area contributed by atoms with Crippen LogP contribution in [0, 0.1) is 16.9 Å². The number of amides is 3. The molecule has 2 aliphatic heterocycles. The number of hydrogen-bond acceptors (Lipinski definition) is 6. The second-order valence-electron chi connectivity index (χ2n) is 9.76. The van der Waals surface area contributed by atoms with Crippen LogP contribution >= 0.6 is 0 Å². The Labute approximate surface area is 222 Å². The van der Waals surface area contributed by atoms with E-state index >= 15 is 0 Å². The summed E-state index contributed by atoms with van der Waals surface area (Å²) >= 11 is 0. The smallest absolute Gasteiger partial charge is 0.317 e. The molecule has 0 saturated carbocycles. The highest BCUT2D eigenvalue weighted by atomic mass is 32.2. The molecule has 0 aromatic heterocycles. The van der Waals surface area contributed by atoms with E-state index in [0.717, 1.165) is 11.3 Å². The van der Waals surface area contributed by atoms with E-state index in [-0.39, 0.29) is 37.9 Å². The van der Waals surface area contributed by atoms with Crippen LogP contribution in [0.15, 0.2) is 54.6 Å². The van der Waals surface area contributed by atoms with Crippen molar-refractivity contribution in [2.45, 2.75) is 25.4 Å². The van der Waals surface area contributed by atoms with Crippen LogP contribution in [-0.2, 0) is 21.4 Å². The first-order valence-electron chi connectivity index (χ1n) is 12.8. The SMILES string of the molecule is O=C[NH+]([O-])C(CS(=O)(=O)N1CCN(c2ccc(F)cc2)CC1)C1CCCN(C(=O)NCc2ccccc2)C1. The molecule has 2 aromatic rings. The summed E-state index contributed by atoms with van der Waals surface area (Å²) in [5, 5.41) is 14.7. The first-order chi connectivity index (χ1) is 18.3. The third-order valence-electron chi connectivity index (χ3n) is 7.30. The lowest BCUT2D eigenvalue weighted by molar-refractivity contribution is -0.787. The van der Waals surface area contributed by atoms with Crippen molar-refractivity contribution < 1.29 is 27.5 Å². The fraction of sp³-hybridized carbons (Fsp3) is 0.462. The van der Waals surface area contributed by atoms with E-state index < -0.39 is 32.8 Å². The predicted molar refractivity (Wildman–Crippen MR) is 141 cm³/mol. The van der Waals surface area contributed by atoms with Crippen molar-refractivity contribution in [3.8, 4) is 0 Å². The summed E-state index contributed by atoms with van der Waals surface area (Å²) in [7, 11) is -3.84. The summed E-state index contributed by atoms with van der Waals surface area (Å²) < 4.78 is 41.2. The Morgan fingerprint density at radius 2 is 1.76 bits per heavy atom. The van der Waals surface area contributed by atoms with Gasteiger partial charge in [0.1, 0.15) is 17.6 Å². The van der Waals surface area contributed by atoms with Crippen molar-refractivity contribution >= 4 is 28.2 Å². The molecule has 3 unspecified atom stereocenters. The van der Waals surface area contributed by atoms with Gasteiger partial charge >= 0.3 is 6.03 Å². The Kier molecular flexibility index (Phi) is 9.31. The van der Waals surface area contributed by atoms with Gasteiger partial charge in [-0.05, 0) is 42.7 Å². The molecule has 2 aliphatic rings. The Bertz CT molecular complexity index is 1180. The largest absolute Gasteiger partial charge is 0.627 e. The summed E-state index contributed by atoms with van der Waals surface area (Å²) in [5.74, 6) is -1.24. The zero-order valence-corrected chi connectivity index (χ0v) is 22.0. The molecule has 2 fully saturated rings. The summed E-state index contributed by atoms with van der Waals surface area (Å²) in [5.41, 5.74) is 1.76. The zero-order chi connectivity index (χ0) is 27.1. The fourth-order valence-electron chi connectivity index (χ4n) is 5.15. The van der Waals surface area contributed by atoms with Gasteiger partial charge in [0.25, 0.3) is 6.41 Å². The van der Waals surface area contributed by atoms with Crippen LogP contribution in [0.5, 0.6) is 0 Å². The molecule has 38 heavy (non-hydrogen) atoms. The average Bonchev–Trinajstić information content (AvgIpc) is 2.95. The third-order valence-corrected chi connectivity index (χ3v) is 9.23. The van der Waals surface area contributed by atoms with Crippen molar-refractivity contribution in [2.24, 2.45) is 5.92 Å². The number of halogens is 1. The van der Waals surface area contributed by atoms with Crippen LogP contribution in [-0.4, -0.2) is 81.1 Å². The molecule has 12 heteroatoms. The van der Waals surface area contributed by atoms with E-state index in [9.17, 15) is 27.6 Å². The molecule has 10 nitrogen and oxygen atoms in total. The van der Waals surface area contributed by atoms with Crippen LogP contribution in [0.3, 0.4) is 0 Å². The first-order valence-corrected chi connectivity index (χ1v) is 14.4. The van der Waals surface area contributed by atoms with Gasteiger partial charge in [-0.3, -0.25) is 0 Å². The number of urea groups is 1. The molecule has 3 atom stereocenters. The van der Waals surface area contributed by atoms with Gasteiger partial charge in [0, 0.05) is 57.4 Å². The van der Waals surface area contributed by atoms with Gasteiger partial charge in [-0.15, -0.1) is 0 Å². The Morgan fingerprint density at radius 1 is 1.08 bits per heavy atom. The zero-order valence-electron chi connectivity index (χ0n) is 21.2. The van der Waals surface area contributed by atoms with E-state index in [0.29, 0.717) is 39.0 Å². The number of hydrogen-bond donors (Lipinski definition) is 2. The summed E-state index contributed by atoms with van der Waals surface area (Å²) in [6.07, 6.45) is 1.37. The van der Waals surface area contributed by atoms with Crippen molar-refractivity contribution in [1.82, 2.24) is 14.5 Å². The summed E-state index contributed by atoms with van der Waals surface area (Å²) in [4.78, 5) is 27.8. The van der Waals surface area contributed by atoms with Gasteiger partial charge in [-0.1, -0.05) is 30.3 Å². The Hall–Kier alpha value is -3.06. The monoisotopic (exact) mass is 547 g/mol. The minimum Gasteiger partial charge on any atom is -0.627 e. The lowest BCUT2D eigenvalue weighted by Gasteiger charge is -2.40. The number of piperidine rings is 1. The van der Waals surface area contributed by atoms with E-state index in [1.807, 2.05) is 35.2 Å². The number of nitrogens with zero attached hydrogens (tertiary/aromatic N) is 3. The van der Waals surface area contributed by atoms with Crippen LogP contribution in [0.4, 0.5) is 14.9 Å². The van der Waals surface area contributed by atoms with Gasteiger partial charge in [-0.2, -0.15) is 4.31 Å². The van der Waals surface area contributed by atoms with Gasteiger partial charge in [0.15, 0.2) is 0 Å². The topological polar surface area (TPSA) is 118 Å². The average molecular weight is 548 g/mol. The second kappa shape index (κ2) is 12.7. The molecule has 0 spiro atoms. The maximum atomic E-state index is 13.3. The Balaban J connectivity index is 1.36. The second-order valence-corrected chi connectivity index (χ2v) is 11.8. The number of quaternary nitrogens is 1. The number of likely N-dealkylation sites (tertiary alicyclic amines) is 1. The normalized spacial score (nSPS) is 20.5. The van der Waals surface area contributed by atoms with E-state index in [1.54, 1.807) is 17.0 Å². The number of rotatable bonds is 9. The molecule has 2 aromatic carbocycles. The highest BCUT2D eigenvalue weighted by Gasteiger charge is 2.39. The lowest BCUT2D eigenvalue weighted by Crippen LogP contribution is -3.12. The number of hydroxylamine groups is 2. The summed E-state index contributed by atoms with van der Waals surface area (Å²) in [6, 6.07) is 14.2. The molecule has 0 bridgehead atoms. The van der Waals surface area contributed by atoms with Gasteiger partial charge in [-0.25, -0.2) is 22.4 Å². The van der Waals surface area contributed by atoms with Gasteiger partial charge in [0.2, 0.25) is 10.0 Å². The minimum absolute atomic E-state index is 0.196. The molecule has 2 N–H and O–H groups in total. The maximum Gasteiger partial charge on any atom is 0.317 e. The lowest BCUT2D eigenvalue weighted by atomic mass is 9.91. The molecular weight excluding hydrogens is 513 g/mol. The standard InChI is InChI=1S/C26H34FN5O5S/c27-23-8-10-24(11-9-23)29-13-15-31(16-14-29)38(36,37)19-25(32(35)20-33)22-7-4-12-30(18-22)26(34)28-17-21-5-2-1-3-6-21/h1-3,5-6,8-11,20,22,25,32H,4,7,12-19H2,(H,28,34). The number of anilines is 1. The Morgan fingerprint density at radius 3 is 2.42 bits per heavy atom. The molecule has 0 radical (unpaired) electrons. The van der Waals surface area contributed by atoms with E-state index in [2.05, 4.69) is 5.32 Å². The fourth-order valence-corrected chi connectivity index (χ4v) is 6.98. The van der Waals surface area contributed by atoms with Crippen LogP contribution in [0.2, 0.25) is 0 Å². The van der Waals surface area contributed by atoms with Gasteiger partial charge < -0.3 is 25.4 Å². The summed E-state index contributed by atoms with van der Waals surface area (Å²) in [6.45, 7) is 2.36. The van der Waals surface area contributed by atoms with Crippen molar-refractivity contribution in [3.63, 3.8) is 0 Å². The maximum absolute atomic E-state index is 13.3. The van der Waals surface area contributed by atoms with Crippen molar-refractivity contribution in [3.05, 3.63) is 71.2 Å². The number of nitrogens with one attached hydrogen (secondary N) is 2. The number of sulfonamides is 1. The molecule has 0 aliphatic carbocycles. The van der Waals surface area contributed by atoms with Crippen molar-refractivity contribution in [2.75, 3.05) is 49.9 Å². The quantitative estimate of drug-likeness (QED) is 0.355. The van der Waals surface area contributed by atoms with Crippen LogP contribution < -0.4 is 15.3 Å². The molecular formula is C26H34FN5O5S. The molecule has 3 amide bonds. The molecule has 2 saturated heterocycles. The first kappa shape index (κ1) is 28.0. The van der Waals surface area contributed by atoms with Crippen LogP contribution in [0.25, 0.3) is 0 Å². The molecule has 206 valence electrons. The van der Waals surface area contributed by atoms with E-state index in [1.165, 1.54) is 16.4 Å². The number of carbonyl (C=O) groups excluding carboxylic acids is 2.